The second-order valence-corrected chi connectivity index (χ2v) is 7.05. The Morgan fingerprint density at radius 3 is 2.65 bits per heavy atom. The van der Waals surface area contributed by atoms with Crippen molar-refractivity contribution in [3.05, 3.63) is 29.8 Å². The Morgan fingerprint density at radius 1 is 1.26 bits per heavy atom. The average molecular weight is 335 g/mol. The summed E-state index contributed by atoms with van der Waals surface area (Å²) in [6.07, 6.45) is 4.87. The molecule has 2 rings (SSSR count). The highest BCUT2D eigenvalue weighted by Gasteiger charge is 2.22. The van der Waals surface area contributed by atoms with Gasteiger partial charge in [0.05, 0.1) is 5.75 Å². The number of esters is 1. The second kappa shape index (κ2) is 8.96. The number of thioether (sulfide) groups is 1. The molecule has 0 spiro atoms. The Bertz CT molecular complexity index is 541. The molecule has 1 aliphatic carbocycles. The lowest BCUT2D eigenvalue weighted by Crippen LogP contribution is -2.43. The molecule has 1 fully saturated rings. The van der Waals surface area contributed by atoms with Gasteiger partial charge in [0.25, 0.3) is 5.91 Å². The van der Waals surface area contributed by atoms with Gasteiger partial charge in [0, 0.05) is 10.9 Å². The molecule has 0 heterocycles. The van der Waals surface area contributed by atoms with Crippen LogP contribution in [0.25, 0.3) is 0 Å². The molecular weight excluding hydrogens is 310 g/mol. The maximum absolute atomic E-state index is 12.1. The van der Waals surface area contributed by atoms with Gasteiger partial charge in [-0.15, -0.1) is 11.8 Å². The molecule has 4 nitrogen and oxygen atoms in total. The maximum atomic E-state index is 12.1. The molecule has 0 bridgehead atoms. The summed E-state index contributed by atoms with van der Waals surface area (Å²) in [5, 5.41) is 2.98. The van der Waals surface area contributed by atoms with Gasteiger partial charge in [0.2, 0.25) is 0 Å². The number of aryl methyl sites for hydroxylation is 1. The van der Waals surface area contributed by atoms with E-state index in [9.17, 15) is 9.59 Å². The van der Waals surface area contributed by atoms with Crippen LogP contribution in [0, 0.1) is 6.92 Å². The van der Waals surface area contributed by atoms with E-state index in [2.05, 4.69) is 5.32 Å². The van der Waals surface area contributed by atoms with Crippen LogP contribution in [0.2, 0.25) is 0 Å². The first-order valence-electron chi connectivity index (χ1n) is 8.24. The number of rotatable bonds is 6. The summed E-state index contributed by atoms with van der Waals surface area (Å²) in [6, 6.07) is 8.13. The molecular formula is C18H25NO3S. The van der Waals surface area contributed by atoms with Crippen molar-refractivity contribution in [2.75, 3.05) is 5.75 Å². The smallest absolute Gasteiger partial charge is 0.317 e. The van der Waals surface area contributed by atoms with E-state index >= 15 is 0 Å². The first kappa shape index (κ1) is 17.9. The van der Waals surface area contributed by atoms with E-state index in [1.54, 1.807) is 6.92 Å². The van der Waals surface area contributed by atoms with Gasteiger partial charge in [-0.25, -0.2) is 0 Å². The highest BCUT2D eigenvalue weighted by atomic mass is 32.2. The highest BCUT2D eigenvalue weighted by Crippen LogP contribution is 2.22. The molecule has 1 aromatic carbocycles. The SMILES string of the molecule is Cc1ccccc1SCC(=O)O[C@H](C)C(=O)NC1CCCCC1. The molecule has 1 atom stereocenters. The molecule has 0 unspecified atom stereocenters. The Morgan fingerprint density at radius 2 is 1.96 bits per heavy atom. The monoisotopic (exact) mass is 335 g/mol. The number of hydrogen-bond acceptors (Lipinski definition) is 4. The lowest BCUT2D eigenvalue weighted by atomic mass is 9.95. The Hall–Kier alpha value is -1.49. The van der Waals surface area contributed by atoms with Crippen LogP contribution in [0.1, 0.15) is 44.6 Å². The molecule has 1 aromatic rings. The van der Waals surface area contributed by atoms with Gasteiger partial charge in [-0.3, -0.25) is 9.59 Å². The first-order valence-corrected chi connectivity index (χ1v) is 9.23. The van der Waals surface area contributed by atoms with Crippen LogP contribution in [0.3, 0.4) is 0 Å². The zero-order valence-electron chi connectivity index (χ0n) is 13.8. The second-order valence-electron chi connectivity index (χ2n) is 6.03. The zero-order valence-corrected chi connectivity index (χ0v) is 14.7. The van der Waals surface area contributed by atoms with Gasteiger partial charge >= 0.3 is 5.97 Å². The summed E-state index contributed by atoms with van der Waals surface area (Å²) in [6.45, 7) is 3.64. The van der Waals surface area contributed by atoms with Crippen LogP contribution in [-0.2, 0) is 14.3 Å². The van der Waals surface area contributed by atoms with Crippen LogP contribution in [-0.4, -0.2) is 29.8 Å². The Kier molecular flexibility index (Phi) is 6.96. The van der Waals surface area contributed by atoms with Gasteiger partial charge in [-0.05, 0) is 38.3 Å². The number of benzene rings is 1. The van der Waals surface area contributed by atoms with E-state index in [0.717, 1.165) is 36.1 Å². The van der Waals surface area contributed by atoms with Crippen LogP contribution in [0.15, 0.2) is 29.2 Å². The molecule has 0 saturated heterocycles. The molecule has 5 heteroatoms. The van der Waals surface area contributed by atoms with E-state index in [0.29, 0.717) is 0 Å². The predicted octanol–water partition coefficient (Wildman–Crippen LogP) is 3.47. The Balaban J connectivity index is 1.73. The van der Waals surface area contributed by atoms with E-state index in [4.69, 9.17) is 4.74 Å². The third-order valence-corrected chi connectivity index (χ3v) is 5.22. The predicted molar refractivity (Wildman–Crippen MR) is 92.5 cm³/mol. The lowest BCUT2D eigenvalue weighted by molar-refractivity contribution is -0.152. The van der Waals surface area contributed by atoms with Crippen LogP contribution in [0.5, 0.6) is 0 Å². The van der Waals surface area contributed by atoms with E-state index in [1.165, 1.54) is 18.2 Å². The van der Waals surface area contributed by atoms with Crippen molar-refractivity contribution < 1.29 is 14.3 Å². The van der Waals surface area contributed by atoms with Crippen LogP contribution < -0.4 is 5.32 Å². The van der Waals surface area contributed by atoms with E-state index in [-0.39, 0.29) is 23.7 Å². The fourth-order valence-electron chi connectivity index (χ4n) is 2.71. The minimum absolute atomic E-state index is 0.189. The van der Waals surface area contributed by atoms with Crippen molar-refractivity contribution in [1.29, 1.82) is 0 Å². The van der Waals surface area contributed by atoms with Crippen molar-refractivity contribution in [3.63, 3.8) is 0 Å². The minimum atomic E-state index is -0.734. The average Bonchev–Trinajstić information content (AvgIpc) is 2.55. The zero-order chi connectivity index (χ0) is 16.7. The number of carbonyl (C=O) groups excluding carboxylic acids is 2. The van der Waals surface area contributed by atoms with Gasteiger partial charge < -0.3 is 10.1 Å². The van der Waals surface area contributed by atoms with Crippen molar-refractivity contribution in [2.24, 2.45) is 0 Å². The normalized spacial score (nSPS) is 16.6. The lowest BCUT2D eigenvalue weighted by Gasteiger charge is -2.24. The summed E-state index contributed by atoms with van der Waals surface area (Å²) in [4.78, 5) is 25.1. The standard InChI is InChI=1S/C18H25NO3S/c1-13-8-6-7-11-16(13)23-12-17(20)22-14(2)18(21)19-15-9-4-3-5-10-15/h6-8,11,14-15H,3-5,9-10,12H2,1-2H3,(H,19,21)/t14-/m1/s1. The van der Waals surface area contributed by atoms with Crippen molar-refractivity contribution in [1.82, 2.24) is 5.32 Å². The van der Waals surface area contributed by atoms with Gasteiger partial charge in [0.15, 0.2) is 6.10 Å². The summed E-state index contributed by atoms with van der Waals surface area (Å²) >= 11 is 1.44. The molecule has 0 radical (unpaired) electrons. The molecule has 0 aromatic heterocycles. The fourth-order valence-corrected chi connectivity index (χ4v) is 3.52. The number of amides is 1. The third kappa shape index (κ3) is 5.90. The quantitative estimate of drug-likeness (QED) is 0.639. The maximum Gasteiger partial charge on any atom is 0.317 e. The van der Waals surface area contributed by atoms with Gasteiger partial charge in [0.1, 0.15) is 0 Å². The minimum Gasteiger partial charge on any atom is -0.452 e. The Labute approximate surface area is 142 Å². The molecule has 0 aliphatic heterocycles. The molecule has 126 valence electrons. The summed E-state index contributed by atoms with van der Waals surface area (Å²) in [7, 11) is 0. The summed E-state index contributed by atoms with van der Waals surface area (Å²) < 4.78 is 5.24. The molecule has 1 amide bonds. The topological polar surface area (TPSA) is 55.4 Å². The van der Waals surface area contributed by atoms with Crippen LogP contribution >= 0.6 is 11.8 Å². The highest BCUT2D eigenvalue weighted by molar-refractivity contribution is 8.00. The number of ether oxygens (including phenoxy) is 1. The largest absolute Gasteiger partial charge is 0.452 e. The molecule has 1 aliphatic rings. The first-order chi connectivity index (χ1) is 11.1. The summed E-state index contributed by atoms with van der Waals surface area (Å²) in [5.74, 6) is -0.331. The van der Waals surface area contributed by atoms with Crippen molar-refractivity contribution >= 4 is 23.6 Å². The van der Waals surface area contributed by atoms with Gasteiger partial charge in [-0.2, -0.15) is 0 Å². The van der Waals surface area contributed by atoms with Gasteiger partial charge in [-0.1, -0.05) is 37.5 Å². The van der Waals surface area contributed by atoms with Crippen molar-refractivity contribution in [2.45, 2.75) is 63.0 Å². The van der Waals surface area contributed by atoms with Crippen molar-refractivity contribution in [3.8, 4) is 0 Å². The summed E-state index contributed by atoms with van der Waals surface area (Å²) in [5.41, 5.74) is 1.13. The molecule has 23 heavy (non-hydrogen) atoms. The third-order valence-electron chi connectivity index (χ3n) is 4.07. The fraction of sp³-hybridized carbons (Fsp3) is 0.556. The number of carbonyl (C=O) groups is 2. The molecule has 1 N–H and O–H groups in total. The molecule has 1 saturated carbocycles. The van der Waals surface area contributed by atoms with Crippen LogP contribution in [0.4, 0.5) is 0 Å². The number of hydrogen-bond donors (Lipinski definition) is 1. The number of nitrogens with one attached hydrogen (secondary N) is 1. The van der Waals surface area contributed by atoms with E-state index < -0.39 is 6.10 Å². The van der Waals surface area contributed by atoms with E-state index in [1.807, 2.05) is 31.2 Å².